The molecule has 1 fully saturated rings. The van der Waals surface area contributed by atoms with Crippen molar-refractivity contribution in [3.8, 4) is 0 Å². The van der Waals surface area contributed by atoms with E-state index in [4.69, 9.17) is 4.42 Å². The van der Waals surface area contributed by atoms with Gasteiger partial charge in [-0.2, -0.15) is 0 Å². The number of hydrogen-bond donors (Lipinski definition) is 2. The molecule has 1 aromatic heterocycles. The zero-order valence-corrected chi connectivity index (χ0v) is 11.4. The highest BCUT2D eigenvalue weighted by Gasteiger charge is 2.23. The molecule has 2 N–H and O–H groups in total. The Morgan fingerprint density at radius 2 is 2.44 bits per heavy atom. The third kappa shape index (κ3) is 3.83. The van der Waals surface area contributed by atoms with Gasteiger partial charge in [0.1, 0.15) is 5.76 Å². The summed E-state index contributed by atoms with van der Waals surface area (Å²) < 4.78 is 31.9. The molecule has 0 saturated carbocycles. The molecule has 1 saturated heterocycles. The Bertz CT molecular complexity index is 450. The lowest BCUT2D eigenvalue weighted by molar-refractivity contribution is 0.400. The molecular weight excluding hydrogens is 252 g/mol. The lowest BCUT2D eigenvalue weighted by Crippen LogP contribution is -2.38. The zero-order valence-electron chi connectivity index (χ0n) is 10.6. The van der Waals surface area contributed by atoms with Crippen LogP contribution in [0.25, 0.3) is 0 Å². The summed E-state index contributed by atoms with van der Waals surface area (Å²) in [6.07, 6.45) is 3.57. The minimum atomic E-state index is -3.26. The maximum Gasteiger partial charge on any atom is 0.212 e. The molecule has 0 amide bonds. The number of sulfonamides is 1. The van der Waals surface area contributed by atoms with Gasteiger partial charge in [0.05, 0.1) is 18.1 Å². The van der Waals surface area contributed by atoms with Crippen molar-refractivity contribution in [1.82, 2.24) is 10.0 Å². The number of nitrogens with one attached hydrogen (secondary N) is 2. The monoisotopic (exact) mass is 272 g/mol. The second-order valence-corrected chi connectivity index (χ2v) is 6.65. The van der Waals surface area contributed by atoms with Gasteiger partial charge in [-0.1, -0.05) is 0 Å². The standard InChI is InChI=1S/C12H20N2O3S/c1-10(12-5-3-7-17-12)14-18(15,16)9-11-4-2-6-13-8-11/h3,5,7,10-11,13-14H,2,4,6,8-9H2,1H3. The van der Waals surface area contributed by atoms with Crippen molar-refractivity contribution in [3.63, 3.8) is 0 Å². The highest BCUT2D eigenvalue weighted by molar-refractivity contribution is 7.89. The van der Waals surface area contributed by atoms with Gasteiger partial charge < -0.3 is 9.73 Å². The van der Waals surface area contributed by atoms with Gasteiger partial charge in [-0.15, -0.1) is 0 Å². The summed E-state index contributed by atoms with van der Waals surface area (Å²) in [5, 5.41) is 3.23. The summed E-state index contributed by atoms with van der Waals surface area (Å²) in [6, 6.07) is 3.21. The van der Waals surface area contributed by atoms with Crippen LogP contribution in [0.15, 0.2) is 22.8 Å². The van der Waals surface area contributed by atoms with E-state index < -0.39 is 10.0 Å². The molecule has 0 aliphatic carbocycles. The molecule has 2 heterocycles. The Morgan fingerprint density at radius 1 is 1.61 bits per heavy atom. The Kier molecular flexibility index (Phi) is 4.42. The largest absolute Gasteiger partial charge is 0.468 e. The number of rotatable bonds is 5. The van der Waals surface area contributed by atoms with Gasteiger partial charge >= 0.3 is 0 Å². The first-order chi connectivity index (χ1) is 8.57. The van der Waals surface area contributed by atoms with Crippen LogP contribution in [0.2, 0.25) is 0 Å². The lowest BCUT2D eigenvalue weighted by Gasteiger charge is -2.23. The van der Waals surface area contributed by atoms with Crippen molar-refractivity contribution in [2.75, 3.05) is 18.8 Å². The van der Waals surface area contributed by atoms with Crippen molar-refractivity contribution < 1.29 is 12.8 Å². The number of furan rings is 1. The van der Waals surface area contributed by atoms with E-state index in [1.807, 2.05) is 0 Å². The first-order valence-corrected chi connectivity index (χ1v) is 7.96. The van der Waals surface area contributed by atoms with E-state index in [1.54, 1.807) is 25.3 Å². The van der Waals surface area contributed by atoms with E-state index in [9.17, 15) is 8.42 Å². The predicted molar refractivity (Wildman–Crippen MR) is 69.6 cm³/mol. The van der Waals surface area contributed by atoms with Crippen LogP contribution >= 0.6 is 0 Å². The SMILES string of the molecule is CC(NS(=O)(=O)CC1CCCNC1)c1ccco1. The fourth-order valence-corrected chi connectivity index (χ4v) is 3.95. The van der Waals surface area contributed by atoms with Gasteiger partial charge in [0, 0.05) is 0 Å². The summed E-state index contributed by atoms with van der Waals surface area (Å²) >= 11 is 0. The van der Waals surface area contributed by atoms with Crippen LogP contribution in [0.5, 0.6) is 0 Å². The van der Waals surface area contributed by atoms with Crippen LogP contribution in [0.4, 0.5) is 0 Å². The van der Waals surface area contributed by atoms with Crippen molar-refractivity contribution >= 4 is 10.0 Å². The van der Waals surface area contributed by atoms with Crippen molar-refractivity contribution in [2.24, 2.45) is 5.92 Å². The topological polar surface area (TPSA) is 71.3 Å². The molecular formula is C12H20N2O3S. The van der Waals surface area contributed by atoms with Crippen molar-refractivity contribution in [1.29, 1.82) is 0 Å². The van der Waals surface area contributed by atoms with Crippen LogP contribution < -0.4 is 10.0 Å². The fourth-order valence-electron chi connectivity index (χ4n) is 2.29. The Balaban J connectivity index is 1.90. The molecule has 1 aliphatic rings. The normalized spacial score (nSPS) is 22.8. The third-order valence-electron chi connectivity index (χ3n) is 3.18. The first kappa shape index (κ1) is 13.6. The zero-order chi connectivity index (χ0) is 13.0. The third-order valence-corrected chi connectivity index (χ3v) is 4.80. The molecule has 2 atom stereocenters. The summed E-state index contributed by atoms with van der Waals surface area (Å²) in [5.74, 6) is 1.03. The van der Waals surface area contributed by atoms with Crippen LogP contribution in [0.1, 0.15) is 31.6 Å². The van der Waals surface area contributed by atoms with Crippen LogP contribution in [0, 0.1) is 5.92 Å². The summed E-state index contributed by atoms with van der Waals surface area (Å²) in [7, 11) is -3.26. The van der Waals surface area contributed by atoms with E-state index in [2.05, 4.69) is 10.0 Å². The van der Waals surface area contributed by atoms with E-state index >= 15 is 0 Å². The minimum Gasteiger partial charge on any atom is -0.468 e. The maximum absolute atomic E-state index is 12.0. The molecule has 1 aromatic rings. The van der Waals surface area contributed by atoms with E-state index in [-0.39, 0.29) is 17.7 Å². The molecule has 0 spiro atoms. The molecule has 0 aromatic carbocycles. The summed E-state index contributed by atoms with van der Waals surface area (Å²) in [6.45, 7) is 3.57. The second-order valence-electron chi connectivity index (χ2n) is 4.85. The molecule has 102 valence electrons. The highest BCUT2D eigenvalue weighted by atomic mass is 32.2. The average Bonchev–Trinajstić information content (AvgIpc) is 2.82. The quantitative estimate of drug-likeness (QED) is 0.846. The van der Waals surface area contributed by atoms with Gasteiger partial charge in [0.15, 0.2) is 0 Å². The molecule has 18 heavy (non-hydrogen) atoms. The lowest BCUT2D eigenvalue weighted by atomic mass is 10.0. The second kappa shape index (κ2) is 5.86. The number of piperidine rings is 1. The highest BCUT2D eigenvalue weighted by Crippen LogP contribution is 2.16. The van der Waals surface area contributed by atoms with Crippen LogP contribution in [-0.4, -0.2) is 27.3 Å². The Labute approximate surface area is 108 Å². The van der Waals surface area contributed by atoms with E-state index in [0.29, 0.717) is 5.76 Å². The average molecular weight is 272 g/mol. The molecule has 5 nitrogen and oxygen atoms in total. The molecule has 0 bridgehead atoms. The molecule has 2 unspecified atom stereocenters. The van der Waals surface area contributed by atoms with Gasteiger partial charge in [-0.25, -0.2) is 13.1 Å². The van der Waals surface area contributed by atoms with Crippen LogP contribution in [0.3, 0.4) is 0 Å². The molecule has 1 aliphatic heterocycles. The predicted octanol–water partition coefficient (Wildman–Crippen LogP) is 1.26. The smallest absolute Gasteiger partial charge is 0.212 e. The van der Waals surface area contributed by atoms with Gasteiger partial charge in [0.2, 0.25) is 10.0 Å². The Hall–Kier alpha value is -0.850. The molecule has 2 rings (SSSR count). The fraction of sp³-hybridized carbons (Fsp3) is 0.667. The van der Waals surface area contributed by atoms with Gasteiger partial charge in [-0.3, -0.25) is 0 Å². The number of hydrogen-bond acceptors (Lipinski definition) is 4. The van der Waals surface area contributed by atoms with Gasteiger partial charge in [0.25, 0.3) is 0 Å². The first-order valence-electron chi connectivity index (χ1n) is 6.31. The van der Waals surface area contributed by atoms with Gasteiger partial charge in [-0.05, 0) is 50.9 Å². The van der Waals surface area contributed by atoms with E-state index in [1.165, 1.54) is 0 Å². The van der Waals surface area contributed by atoms with Crippen LogP contribution in [-0.2, 0) is 10.0 Å². The maximum atomic E-state index is 12.0. The molecule has 6 heteroatoms. The molecule has 0 radical (unpaired) electrons. The summed E-state index contributed by atoms with van der Waals surface area (Å²) in [5.41, 5.74) is 0. The van der Waals surface area contributed by atoms with E-state index in [0.717, 1.165) is 25.9 Å². The van der Waals surface area contributed by atoms with Crippen molar-refractivity contribution in [2.45, 2.75) is 25.8 Å². The summed E-state index contributed by atoms with van der Waals surface area (Å²) in [4.78, 5) is 0. The minimum absolute atomic E-state index is 0.186. The Morgan fingerprint density at radius 3 is 3.06 bits per heavy atom. The van der Waals surface area contributed by atoms with Crippen molar-refractivity contribution in [3.05, 3.63) is 24.2 Å².